The Hall–Kier alpha value is -0.650. The number of hydrogen-bond acceptors (Lipinski definition) is 3. The number of carboxylic acid groups (broad SMARTS) is 1. The van der Waals surface area contributed by atoms with Crippen LogP contribution < -0.4 is 5.73 Å². The van der Waals surface area contributed by atoms with Gasteiger partial charge in [0.15, 0.2) is 0 Å². The summed E-state index contributed by atoms with van der Waals surface area (Å²) in [4.78, 5) is 14.3. The molecule has 6 heteroatoms. The fourth-order valence-corrected chi connectivity index (χ4v) is 1.71. The Morgan fingerprint density at radius 2 is 2.43 bits per heavy atom. The molecule has 0 saturated heterocycles. The number of carboxylic acids is 1. The maximum Gasteiger partial charge on any atom is 0.305 e. The molecule has 0 fully saturated rings. The molecule has 1 rings (SSSR count). The number of aliphatic carboxylic acids is 1. The Kier molecular flexibility index (Phi) is 3.86. The highest BCUT2D eigenvalue weighted by molar-refractivity contribution is 9.10. The third-order valence-electron chi connectivity index (χ3n) is 1.67. The molecule has 0 aliphatic rings. The summed E-state index contributed by atoms with van der Waals surface area (Å²) in [5.41, 5.74) is 6.31. The van der Waals surface area contributed by atoms with Crippen LogP contribution in [0.2, 0.25) is 5.15 Å². The molecule has 1 heterocycles. The van der Waals surface area contributed by atoms with E-state index in [-0.39, 0.29) is 11.6 Å². The van der Waals surface area contributed by atoms with Crippen molar-refractivity contribution < 1.29 is 9.90 Å². The van der Waals surface area contributed by atoms with Crippen molar-refractivity contribution in [2.24, 2.45) is 5.73 Å². The predicted octanol–water partition coefficient (Wildman–Crippen LogP) is 1.97. The van der Waals surface area contributed by atoms with E-state index in [0.29, 0.717) is 10.0 Å². The van der Waals surface area contributed by atoms with E-state index in [0.717, 1.165) is 0 Å². The topological polar surface area (TPSA) is 76.2 Å². The second kappa shape index (κ2) is 4.72. The maximum absolute atomic E-state index is 10.4. The molecule has 0 spiro atoms. The highest BCUT2D eigenvalue weighted by Crippen LogP contribution is 2.28. The number of nitrogens with two attached hydrogens (primary N) is 1. The van der Waals surface area contributed by atoms with Gasteiger partial charge in [-0.15, -0.1) is 0 Å². The van der Waals surface area contributed by atoms with Crippen molar-refractivity contribution in [3.8, 4) is 0 Å². The van der Waals surface area contributed by atoms with Gasteiger partial charge in [0.1, 0.15) is 5.15 Å². The fourth-order valence-electron chi connectivity index (χ4n) is 1.02. The predicted molar refractivity (Wildman–Crippen MR) is 56.1 cm³/mol. The highest BCUT2D eigenvalue weighted by Gasteiger charge is 2.15. The molecule has 0 aromatic carbocycles. The monoisotopic (exact) mass is 278 g/mol. The normalized spacial score (nSPS) is 12.5. The maximum atomic E-state index is 10.4. The third-order valence-corrected chi connectivity index (χ3v) is 3.02. The lowest BCUT2D eigenvalue weighted by Crippen LogP contribution is -2.15. The van der Waals surface area contributed by atoms with Gasteiger partial charge in [0.05, 0.1) is 10.9 Å². The van der Waals surface area contributed by atoms with E-state index in [1.165, 1.54) is 6.20 Å². The van der Waals surface area contributed by atoms with Gasteiger partial charge in [-0.3, -0.25) is 4.79 Å². The molecule has 0 aliphatic carbocycles. The number of rotatable bonds is 3. The second-order valence-corrected chi connectivity index (χ2v) is 3.86. The number of carbonyl (C=O) groups is 1. The van der Waals surface area contributed by atoms with Gasteiger partial charge < -0.3 is 10.8 Å². The summed E-state index contributed by atoms with van der Waals surface area (Å²) in [6.45, 7) is 0. The molecule has 76 valence electrons. The van der Waals surface area contributed by atoms with Crippen molar-refractivity contribution in [2.75, 3.05) is 0 Å². The summed E-state index contributed by atoms with van der Waals surface area (Å²) in [6.07, 6.45) is 1.35. The first-order chi connectivity index (χ1) is 6.52. The molecule has 14 heavy (non-hydrogen) atoms. The van der Waals surface area contributed by atoms with Crippen molar-refractivity contribution in [3.05, 3.63) is 27.5 Å². The van der Waals surface area contributed by atoms with Gasteiger partial charge in [-0.05, 0) is 27.6 Å². The molecule has 4 nitrogen and oxygen atoms in total. The molecule has 1 aromatic rings. The van der Waals surface area contributed by atoms with Crippen LogP contribution >= 0.6 is 27.5 Å². The van der Waals surface area contributed by atoms with Crippen molar-refractivity contribution >= 4 is 33.5 Å². The summed E-state index contributed by atoms with van der Waals surface area (Å²) in [5, 5.41) is 8.84. The van der Waals surface area contributed by atoms with Crippen molar-refractivity contribution in [1.29, 1.82) is 0 Å². The Balaban J connectivity index is 2.95. The molecule has 0 aliphatic heterocycles. The fraction of sp³-hybridized carbons (Fsp3) is 0.250. The van der Waals surface area contributed by atoms with Crippen LogP contribution in [0, 0.1) is 0 Å². The Bertz CT molecular complexity index is 359. The first-order valence-electron chi connectivity index (χ1n) is 3.79. The largest absolute Gasteiger partial charge is 0.481 e. The van der Waals surface area contributed by atoms with Gasteiger partial charge in [0, 0.05) is 12.2 Å². The molecular weight excluding hydrogens is 271 g/mol. The zero-order chi connectivity index (χ0) is 10.7. The van der Waals surface area contributed by atoms with Gasteiger partial charge in [0.25, 0.3) is 0 Å². The highest BCUT2D eigenvalue weighted by atomic mass is 79.9. The Morgan fingerprint density at radius 1 is 1.79 bits per heavy atom. The molecule has 1 atom stereocenters. The second-order valence-electron chi connectivity index (χ2n) is 2.71. The minimum absolute atomic E-state index is 0.140. The first-order valence-corrected chi connectivity index (χ1v) is 4.96. The van der Waals surface area contributed by atoms with Crippen LogP contribution in [0.15, 0.2) is 16.7 Å². The number of hydrogen-bond donors (Lipinski definition) is 2. The quantitative estimate of drug-likeness (QED) is 0.829. The standard InChI is InChI=1S/C8H8BrClN2O2/c9-7-4(1-2-12-8(7)10)5(11)3-6(13)14/h1-2,5H,3,11H2,(H,13,14)/t5-/m1/s1. The van der Waals surface area contributed by atoms with Gasteiger partial charge >= 0.3 is 5.97 Å². The number of nitrogens with zero attached hydrogens (tertiary/aromatic N) is 1. The van der Waals surface area contributed by atoms with E-state index in [9.17, 15) is 4.79 Å². The summed E-state index contributed by atoms with van der Waals surface area (Å²) in [7, 11) is 0. The van der Waals surface area contributed by atoms with Crippen LogP contribution in [0.25, 0.3) is 0 Å². The van der Waals surface area contributed by atoms with E-state index in [4.69, 9.17) is 22.4 Å². The summed E-state index contributed by atoms with van der Waals surface area (Å²) < 4.78 is 0.551. The average molecular weight is 280 g/mol. The zero-order valence-corrected chi connectivity index (χ0v) is 9.42. The van der Waals surface area contributed by atoms with Crippen LogP contribution in [0.5, 0.6) is 0 Å². The molecule has 0 saturated carbocycles. The lowest BCUT2D eigenvalue weighted by molar-refractivity contribution is -0.137. The average Bonchev–Trinajstić information content (AvgIpc) is 2.08. The first kappa shape index (κ1) is 11.4. The minimum atomic E-state index is -0.947. The summed E-state index contributed by atoms with van der Waals surface area (Å²) >= 11 is 8.94. The minimum Gasteiger partial charge on any atom is -0.481 e. The molecule has 0 radical (unpaired) electrons. The van der Waals surface area contributed by atoms with Crippen LogP contribution in [0.1, 0.15) is 18.0 Å². The van der Waals surface area contributed by atoms with Gasteiger partial charge in [0.2, 0.25) is 0 Å². The number of halogens is 2. The van der Waals surface area contributed by atoms with E-state index in [2.05, 4.69) is 20.9 Å². The SMILES string of the molecule is N[C@H](CC(=O)O)c1ccnc(Cl)c1Br. The van der Waals surface area contributed by atoms with Crippen LogP contribution in [0.3, 0.4) is 0 Å². The van der Waals surface area contributed by atoms with E-state index >= 15 is 0 Å². The number of aromatic nitrogens is 1. The van der Waals surface area contributed by atoms with Gasteiger partial charge in [-0.25, -0.2) is 4.98 Å². The van der Waals surface area contributed by atoms with Crippen molar-refractivity contribution in [2.45, 2.75) is 12.5 Å². The third kappa shape index (κ3) is 2.67. The molecule has 0 amide bonds. The Morgan fingerprint density at radius 3 is 3.00 bits per heavy atom. The van der Waals surface area contributed by atoms with Gasteiger partial charge in [-0.1, -0.05) is 11.6 Å². The molecule has 0 unspecified atom stereocenters. The molecular formula is C8H8BrClN2O2. The lowest BCUT2D eigenvalue weighted by atomic mass is 10.1. The van der Waals surface area contributed by atoms with Gasteiger partial charge in [-0.2, -0.15) is 0 Å². The van der Waals surface area contributed by atoms with Crippen molar-refractivity contribution in [3.63, 3.8) is 0 Å². The smallest absolute Gasteiger partial charge is 0.305 e. The Labute approximate surface area is 94.2 Å². The molecule has 1 aromatic heterocycles. The van der Waals surface area contributed by atoms with E-state index in [1.807, 2.05) is 0 Å². The van der Waals surface area contributed by atoms with E-state index in [1.54, 1.807) is 6.07 Å². The van der Waals surface area contributed by atoms with Crippen LogP contribution in [-0.4, -0.2) is 16.1 Å². The zero-order valence-electron chi connectivity index (χ0n) is 7.08. The molecule has 3 N–H and O–H groups in total. The van der Waals surface area contributed by atoms with Crippen LogP contribution in [0.4, 0.5) is 0 Å². The van der Waals surface area contributed by atoms with E-state index < -0.39 is 12.0 Å². The molecule has 0 bridgehead atoms. The lowest BCUT2D eigenvalue weighted by Gasteiger charge is -2.11. The summed E-state index contributed by atoms with van der Waals surface area (Å²) in [6, 6.07) is 1.06. The van der Waals surface area contributed by atoms with Crippen molar-refractivity contribution in [1.82, 2.24) is 4.98 Å². The summed E-state index contributed by atoms with van der Waals surface area (Å²) in [5.74, 6) is -0.947. The van der Waals surface area contributed by atoms with Crippen LogP contribution in [-0.2, 0) is 4.79 Å². The number of pyridine rings is 1.